The molecule has 0 aromatic rings. The normalized spacial score (nSPS) is 16.9. The lowest BCUT2D eigenvalue weighted by molar-refractivity contribution is -0.132. The molecule has 1 saturated heterocycles. The Bertz CT molecular complexity index is 273. The molecule has 0 aromatic heterocycles. The van der Waals surface area contributed by atoms with Crippen molar-refractivity contribution in [2.45, 2.75) is 39.5 Å². The monoisotopic (exact) mass is 283 g/mol. The largest absolute Gasteiger partial charge is 0.341 e. The third-order valence-electron chi connectivity index (χ3n) is 3.98. The van der Waals surface area contributed by atoms with Crippen LogP contribution in [0.5, 0.6) is 0 Å². The van der Waals surface area contributed by atoms with Crippen molar-refractivity contribution >= 4 is 5.91 Å². The van der Waals surface area contributed by atoms with E-state index < -0.39 is 0 Å². The molecule has 0 unspecified atom stereocenters. The van der Waals surface area contributed by atoms with E-state index in [-0.39, 0.29) is 0 Å². The van der Waals surface area contributed by atoms with Gasteiger partial charge in [-0.15, -0.1) is 0 Å². The van der Waals surface area contributed by atoms with E-state index in [1.54, 1.807) is 0 Å². The van der Waals surface area contributed by atoms with Gasteiger partial charge in [-0.25, -0.2) is 0 Å². The zero-order chi connectivity index (χ0) is 15.0. The molecule has 1 aliphatic heterocycles. The third-order valence-corrected chi connectivity index (χ3v) is 3.98. The van der Waals surface area contributed by atoms with Crippen molar-refractivity contribution in [1.29, 1.82) is 0 Å². The summed E-state index contributed by atoms with van der Waals surface area (Å²) >= 11 is 0. The van der Waals surface area contributed by atoms with Gasteiger partial charge in [-0.3, -0.25) is 4.79 Å². The summed E-state index contributed by atoms with van der Waals surface area (Å²) in [6, 6.07) is 0. The Hall–Kier alpha value is -0.610. The molecule has 0 bridgehead atoms. The van der Waals surface area contributed by atoms with Gasteiger partial charge in [-0.05, 0) is 58.3 Å². The lowest BCUT2D eigenvalue weighted by Crippen LogP contribution is -2.39. The van der Waals surface area contributed by atoms with Crippen molar-refractivity contribution in [2.75, 3.05) is 46.8 Å². The molecule has 1 amide bonds. The van der Waals surface area contributed by atoms with E-state index >= 15 is 0 Å². The second-order valence-corrected chi connectivity index (χ2v) is 6.77. The highest BCUT2D eigenvalue weighted by atomic mass is 16.2. The Kier molecular flexibility index (Phi) is 8.15. The molecule has 0 saturated carbocycles. The van der Waals surface area contributed by atoms with E-state index in [4.69, 9.17) is 0 Å². The van der Waals surface area contributed by atoms with Gasteiger partial charge < -0.3 is 15.1 Å². The van der Waals surface area contributed by atoms with Crippen molar-refractivity contribution in [3.05, 3.63) is 0 Å². The lowest BCUT2D eigenvalue weighted by atomic mass is 9.93. The van der Waals surface area contributed by atoms with Crippen LogP contribution < -0.4 is 5.32 Å². The summed E-state index contributed by atoms with van der Waals surface area (Å²) in [4.78, 5) is 16.6. The summed E-state index contributed by atoms with van der Waals surface area (Å²) in [6.45, 7) is 9.30. The molecule has 0 aliphatic carbocycles. The summed E-state index contributed by atoms with van der Waals surface area (Å²) < 4.78 is 0. The SMILES string of the molecule is CC(C)CN(CCN(C)C)C(=O)CCC1CCNCC1. The molecule has 4 nitrogen and oxygen atoms in total. The summed E-state index contributed by atoms with van der Waals surface area (Å²) in [7, 11) is 4.13. The van der Waals surface area contributed by atoms with Crippen LogP contribution in [-0.4, -0.2) is 62.5 Å². The van der Waals surface area contributed by atoms with E-state index in [1.165, 1.54) is 12.8 Å². The van der Waals surface area contributed by atoms with E-state index in [0.717, 1.165) is 51.5 Å². The van der Waals surface area contributed by atoms with Crippen molar-refractivity contribution in [3.63, 3.8) is 0 Å². The first-order valence-electron chi connectivity index (χ1n) is 8.12. The first kappa shape index (κ1) is 17.4. The smallest absolute Gasteiger partial charge is 0.222 e. The Morgan fingerprint density at radius 1 is 1.20 bits per heavy atom. The van der Waals surface area contributed by atoms with Crippen LogP contribution in [0.1, 0.15) is 39.5 Å². The number of likely N-dealkylation sites (N-methyl/N-ethyl adjacent to an activating group) is 1. The number of rotatable bonds is 8. The third kappa shape index (κ3) is 7.25. The molecule has 0 atom stereocenters. The van der Waals surface area contributed by atoms with Gasteiger partial charge in [0.25, 0.3) is 0 Å². The second kappa shape index (κ2) is 9.35. The van der Waals surface area contributed by atoms with Crippen LogP contribution in [0.15, 0.2) is 0 Å². The summed E-state index contributed by atoms with van der Waals surface area (Å²) in [5, 5.41) is 3.38. The Morgan fingerprint density at radius 2 is 1.85 bits per heavy atom. The van der Waals surface area contributed by atoms with Crippen LogP contribution in [0, 0.1) is 11.8 Å². The number of piperidine rings is 1. The first-order chi connectivity index (χ1) is 9.49. The van der Waals surface area contributed by atoms with Crippen molar-refractivity contribution in [2.24, 2.45) is 11.8 Å². The molecule has 0 spiro atoms. The van der Waals surface area contributed by atoms with E-state index in [2.05, 4.69) is 43.1 Å². The molecular weight excluding hydrogens is 250 g/mol. The molecule has 1 aliphatic rings. The number of carbonyl (C=O) groups is 1. The van der Waals surface area contributed by atoms with Gasteiger partial charge in [0.2, 0.25) is 5.91 Å². The average Bonchev–Trinajstić information content (AvgIpc) is 2.41. The van der Waals surface area contributed by atoms with Gasteiger partial charge in [-0.2, -0.15) is 0 Å². The van der Waals surface area contributed by atoms with E-state index in [9.17, 15) is 4.79 Å². The molecule has 118 valence electrons. The van der Waals surface area contributed by atoms with E-state index in [1.807, 2.05) is 0 Å². The Balaban J connectivity index is 2.36. The highest BCUT2D eigenvalue weighted by Gasteiger charge is 2.18. The minimum atomic E-state index is 0.346. The van der Waals surface area contributed by atoms with E-state index in [0.29, 0.717) is 11.8 Å². The van der Waals surface area contributed by atoms with Crippen LogP contribution in [0.25, 0.3) is 0 Å². The highest BCUT2D eigenvalue weighted by molar-refractivity contribution is 5.76. The predicted molar refractivity (Wildman–Crippen MR) is 84.8 cm³/mol. The average molecular weight is 283 g/mol. The molecule has 20 heavy (non-hydrogen) atoms. The maximum absolute atomic E-state index is 12.4. The summed E-state index contributed by atoms with van der Waals surface area (Å²) in [6.07, 6.45) is 4.26. The molecule has 1 heterocycles. The molecule has 0 radical (unpaired) electrons. The molecule has 1 N–H and O–H groups in total. The Labute approximate surface area is 124 Å². The maximum Gasteiger partial charge on any atom is 0.222 e. The first-order valence-corrected chi connectivity index (χ1v) is 8.12. The topological polar surface area (TPSA) is 35.6 Å². The van der Waals surface area contributed by atoms with Crippen molar-refractivity contribution < 1.29 is 4.79 Å². The molecular formula is C16H33N3O. The fraction of sp³-hybridized carbons (Fsp3) is 0.938. The fourth-order valence-corrected chi connectivity index (χ4v) is 2.74. The van der Waals surface area contributed by atoms with Gasteiger partial charge >= 0.3 is 0 Å². The number of hydrogen-bond acceptors (Lipinski definition) is 3. The number of carbonyl (C=O) groups excluding carboxylic acids is 1. The minimum Gasteiger partial charge on any atom is -0.341 e. The number of nitrogens with one attached hydrogen (secondary N) is 1. The summed E-state index contributed by atoms with van der Waals surface area (Å²) in [5.41, 5.74) is 0. The van der Waals surface area contributed by atoms with Gasteiger partial charge in [-0.1, -0.05) is 13.8 Å². The summed E-state index contributed by atoms with van der Waals surface area (Å²) in [5.74, 6) is 1.63. The number of hydrogen-bond donors (Lipinski definition) is 1. The van der Waals surface area contributed by atoms with Crippen LogP contribution in [0.2, 0.25) is 0 Å². The van der Waals surface area contributed by atoms with Crippen LogP contribution in [0.4, 0.5) is 0 Å². The van der Waals surface area contributed by atoms with Crippen LogP contribution in [0.3, 0.4) is 0 Å². The second-order valence-electron chi connectivity index (χ2n) is 6.77. The lowest BCUT2D eigenvalue weighted by Gasteiger charge is -2.28. The van der Waals surface area contributed by atoms with Crippen LogP contribution in [-0.2, 0) is 4.79 Å². The highest BCUT2D eigenvalue weighted by Crippen LogP contribution is 2.18. The van der Waals surface area contributed by atoms with Gasteiger partial charge in [0.1, 0.15) is 0 Å². The van der Waals surface area contributed by atoms with Crippen molar-refractivity contribution in [3.8, 4) is 0 Å². The predicted octanol–water partition coefficient (Wildman–Crippen LogP) is 1.81. The number of nitrogens with zero attached hydrogens (tertiary/aromatic N) is 2. The Morgan fingerprint density at radius 3 is 2.40 bits per heavy atom. The molecule has 4 heteroatoms. The standard InChI is InChI=1S/C16H33N3O/c1-14(2)13-19(12-11-18(3)4)16(20)6-5-15-7-9-17-10-8-15/h14-15,17H,5-13H2,1-4H3. The van der Waals surface area contributed by atoms with Gasteiger partial charge in [0.15, 0.2) is 0 Å². The fourth-order valence-electron chi connectivity index (χ4n) is 2.74. The van der Waals surface area contributed by atoms with Crippen LogP contribution >= 0.6 is 0 Å². The molecule has 1 fully saturated rings. The van der Waals surface area contributed by atoms with Gasteiger partial charge in [0.05, 0.1) is 0 Å². The quantitative estimate of drug-likeness (QED) is 0.738. The molecule has 0 aromatic carbocycles. The molecule has 1 rings (SSSR count). The van der Waals surface area contributed by atoms with Crippen molar-refractivity contribution in [1.82, 2.24) is 15.1 Å². The maximum atomic E-state index is 12.4. The zero-order valence-electron chi connectivity index (χ0n) is 13.8. The minimum absolute atomic E-state index is 0.346. The zero-order valence-corrected chi connectivity index (χ0v) is 13.8. The number of amides is 1. The van der Waals surface area contributed by atoms with Gasteiger partial charge in [0, 0.05) is 26.1 Å².